The molecule has 0 bridgehead atoms. The number of methoxy groups -OCH3 is 1. The minimum Gasteiger partial charge on any atom is -0.497 e. The van der Waals surface area contributed by atoms with Crippen LogP contribution in [0.4, 0.5) is 0 Å². The van der Waals surface area contributed by atoms with E-state index in [4.69, 9.17) is 16.3 Å². The van der Waals surface area contributed by atoms with E-state index in [0.717, 1.165) is 29.1 Å². The number of thiazole rings is 1. The molecule has 0 saturated carbocycles. The van der Waals surface area contributed by atoms with Gasteiger partial charge in [0.25, 0.3) is 5.91 Å². The second-order valence-corrected chi connectivity index (χ2v) is 8.64. The Kier molecular flexibility index (Phi) is 6.53. The summed E-state index contributed by atoms with van der Waals surface area (Å²) < 4.78 is 7.03. The van der Waals surface area contributed by atoms with Gasteiger partial charge in [0.2, 0.25) is 0 Å². The molecule has 0 fully saturated rings. The van der Waals surface area contributed by atoms with Crippen LogP contribution >= 0.6 is 22.9 Å². The lowest BCUT2D eigenvalue weighted by atomic mass is 10.1. The highest BCUT2D eigenvalue weighted by molar-refractivity contribution is 7.17. The van der Waals surface area contributed by atoms with E-state index in [-0.39, 0.29) is 5.91 Å². The number of rotatable bonds is 7. The van der Waals surface area contributed by atoms with Crippen LogP contribution in [0.15, 0.2) is 48.5 Å². The summed E-state index contributed by atoms with van der Waals surface area (Å²) in [6.07, 6.45) is 0.724. The van der Waals surface area contributed by atoms with E-state index < -0.39 is 0 Å². The van der Waals surface area contributed by atoms with Gasteiger partial charge in [-0.2, -0.15) is 0 Å². The van der Waals surface area contributed by atoms with Crippen LogP contribution in [0.2, 0.25) is 5.02 Å². The van der Waals surface area contributed by atoms with Crippen LogP contribution in [0.5, 0.6) is 5.75 Å². The van der Waals surface area contributed by atoms with Gasteiger partial charge >= 0.3 is 0 Å². The Bertz CT molecular complexity index is 1250. The first-order valence-electron chi connectivity index (χ1n) is 10.0. The van der Waals surface area contributed by atoms with Gasteiger partial charge in [-0.3, -0.25) is 4.79 Å². The molecule has 4 rings (SSSR count). The highest BCUT2D eigenvalue weighted by Crippen LogP contribution is 2.30. The Labute approximate surface area is 195 Å². The number of ether oxygens (including phenoxy) is 1. The average molecular weight is 468 g/mol. The largest absolute Gasteiger partial charge is 0.497 e. The lowest BCUT2D eigenvalue weighted by Gasteiger charge is -2.05. The van der Waals surface area contributed by atoms with Crippen LogP contribution in [-0.2, 0) is 6.42 Å². The van der Waals surface area contributed by atoms with Crippen LogP contribution in [0.25, 0.3) is 16.4 Å². The Hall–Kier alpha value is -3.23. The van der Waals surface area contributed by atoms with Gasteiger partial charge in [0.15, 0.2) is 0 Å². The van der Waals surface area contributed by atoms with Gasteiger partial charge in [0.05, 0.1) is 24.2 Å². The number of carbonyl (C=O) groups excluding carboxylic acids is 1. The predicted molar refractivity (Wildman–Crippen MR) is 126 cm³/mol. The van der Waals surface area contributed by atoms with Crippen molar-refractivity contribution in [3.63, 3.8) is 0 Å². The predicted octanol–water partition coefficient (Wildman–Crippen LogP) is 4.64. The molecule has 4 aromatic rings. The van der Waals surface area contributed by atoms with Crippen molar-refractivity contribution in [3.8, 4) is 22.1 Å². The van der Waals surface area contributed by atoms with Gasteiger partial charge in [-0.1, -0.05) is 35.0 Å². The van der Waals surface area contributed by atoms with Crippen molar-refractivity contribution in [2.75, 3.05) is 13.7 Å². The maximum atomic E-state index is 12.7. The van der Waals surface area contributed by atoms with Gasteiger partial charge in [-0.25, -0.2) is 9.67 Å². The maximum absolute atomic E-state index is 12.7. The first-order chi connectivity index (χ1) is 15.5. The highest BCUT2D eigenvalue weighted by Gasteiger charge is 2.20. The molecular weight excluding hydrogens is 446 g/mol. The van der Waals surface area contributed by atoms with Crippen molar-refractivity contribution in [2.24, 2.45) is 0 Å². The molecule has 0 unspecified atom stereocenters. The molecule has 2 heterocycles. The summed E-state index contributed by atoms with van der Waals surface area (Å²) in [6, 6.07) is 15.2. The molecule has 0 atom stereocenters. The van der Waals surface area contributed by atoms with Gasteiger partial charge < -0.3 is 10.1 Å². The van der Waals surface area contributed by atoms with E-state index in [1.54, 1.807) is 11.8 Å². The first kappa shape index (κ1) is 22.0. The van der Waals surface area contributed by atoms with Crippen LogP contribution in [0.1, 0.15) is 26.6 Å². The molecule has 32 heavy (non-hydrogen) atoms. The van der Waals surface area contributed by atoms with E-state index in [1.807, 2.05) is 62.4 Å². The third kappa shape index (κ3) is 4.66. The Morgan fingerprint density at radius 1 is 1.19 bits per heavy atom. The summed E-state index contributed by atoms with van der Waals surface area (Å²) in [5, 5.41) is 12.9. The van der Waals surface area contributed by atoms with E-state index in [2.05, 4.69) is 20.6 Å². The lowest BCUT2D eigenvalue weighted by Crippen LogP contribution is -2.25. The van der Waals surface area contributed by atoms with Crippen molar-refractivity contribution < 1.29 is 9.53 Å². The molecule has 7 nitrogen and oxygen atoms in total. The smallest absolute Gasteiger partial charge is 0.263 e. The Balaban J connectivity index is 1.49. The van der Waals surface area contributed by atoms with Gasteiger partial charge in [0.1, 0.15) is 21.3 Å². The number of benzene rings is 2. The summed E-state index contributed by atoms with van der Waals surface area (Å²) in [6.45, 7) is 4.28. The van der Waals surface area contributed by atoms with Crippen LogP contribution < -0.4 is 10.1 Å². The second kappa shape index (κ2) is 9.50. The molecule has 1 amide bonds. The standard InChI is InChI=1S/C23H22ClN5O2S/c1-14-21(22(30)25-12-11-16-7-9-17(24)10-8-16)32-23(26-14)20-15(2)29(28-27-20)18-5-4-6-19(13-18)31-3/h4-10,13H,11-12H2,1-3H3,(H,25,30). The van der Waals surface area contributed by atoms with E-state index in [1.165, 1.54) is 11.3 Å². The van der Waals surface area contributed by atoms with Crippen LogP contribution in [0.3, 0.4) is 0 Å². The summed E-state index contributed by atoms with van der Waals surface area (Å²) in [7, 11) is 1.62. The number of amides is 1. The average Bonchev–Trinajstić information content (AvgIpc) is 3.37. The molecule has 0 saturated heterocycles. The fraction of sp³-hybridized carbons (Fsp3) is 0.217. The number of carbonyl (C=O) groups is 1. The zero-order chi connectivity index (χ0) is 22.7. The molecule has 2 aromatic carbocycles. The number of hydrogen-bond donors (Lipinski definition) is 1. The summed E-state index contributed by atoms with van der Waals surface area (Å²) in [5.74, 6) is 0.597. The van der Waals surface area contributed by atoms with E-state index in [9.17, 15) is 4.79 Å². The molecule has 0 radical (unpaired) electrons. The van der Waals surface area contributed by atoms with Crippen molar-refractivity contribution >= 4 is 28.8 Å². The van der Waals surface area contributed by atoms with E-state index in [0.29, 0.717) is 32.8 Å². The minimum absolute atomic E-state index is 0.141. The zero-order valence-corrected chi connectivity index (χ0v) is 19.5. The summed E-state index contributed by atoms with van der Waals surface area (Å²) in [4.78, 5) is 17.9. The van der Waals surface area contributed by atoms with Gasteiger partial charge in [-0.15, -0.1) is 16.4 Å². The van der Waals surface area contributed by atoms with Crippen molar-refractivity contribution in [1.82, 2.24) is 25.3 Å². The molecule has 0 aliphatic carbocycles. The number of nitrogens with one attached hydrogen (secondary N) is 1. The van der Waals surface area contributed by atoms with Crippen molar-refractivity contribution in [1.29, 1.82) is 0 Å². The molecular formula is C23H22ClN5O2S. The van der Waals surface area contributed by atoms with Gasteiger partial charge in [0, 0.05) is 17.6 Å². The first-order valence-corrected chi connectivity index (χ1v) is 11.2. The number of aromatic nitrogens is 4. The monoisotopic (exact) mass is 467 g/mol. The molecule has 0 aliphatic rings. The number of hydrogen-bond acceptors (Lipinski definition) is 6. The molecule has 9 heteroatoms. The van der Waals surface area contributed by atoms with Gasteiger partial charge in [-0.05, 0) is 50.1 Å². The number of nitrogens with zero attached hydrogens (tertiary/aromatic N) is 4. The zero-order valence-electron chi connectivity index (χ0n) is 17.9. The Morgan fingerprint density at radius 3 is 2.72 bits per heavy atom. The fourth-order valence-electron chi connectivity index (χ4n) is 3.27. The van der Waals surface area contributed by atoms with Crippen molar-refractivity contribution in [3.05, 3.63) is 75.4 Å². The molecule has 2 aromatic heterocycles. The normalized spacial score (nSPS) is 10.9. The number of aryl methyl sites for hydroxylation is 1. The van der Waals surface area contributed by atoms with Crippen LogP contribution in [0, 0.1) is 13.8 Å². The molecule has 164 valence electrons. The summed E-state index contributed by atoms with van der Waals surface area (Å²) >= 11 is 7.23. The van der Waals surface area contributed by atoms with Crippen molar-refractivity contribution in [2.45, 2.75) is 20.3 Å². The highest BCUT2D eigenvalue weighted by atomic mass is 35.5. The second-order valence-electron chi connectivity index (χ2n) is 7.20. The molecule has 0 spiro atoms. The minimum atomic E-state index is -0.141. The third-order valence-electron chi connectivity index (χ3n) is 5.01. The van der Waals surface area contributed by atoms with Crippen LogP contribution in [-0.4, -0.2) is 39.5 Å². The summed E-state index contributed by atoms with van der Waals surface area (Å²) in [5.41, 5.74) is 4.11. The molecule has 0 aliphatic heterocycles. The quantitative estimate of drug-likeness (QED) is 0.428. The topological polar surface area (TPSA) is 81.9 Å². The lowest BCUT2D eigenvalue weighted by molar-refractivity contribution is 0.0957. The maximum Gasteiger partial charge on any atom is 0.263 e. The fourth-order valence-corrected chi connectivity index (χ4v) is 4.42. The van der Waals surface area contributed by atoms with E-state index >= 15 is 0 Å². The third-order valence-corrected chi connectivity index (χ3v) is 6.43. The number of halogens is 1. The Morgan fingerprint density at radius 2 is 1.97 bits per heavy atom. The SMILES string of the molecule is COc1cccc(-n2nnc(-c3nc(C)c(C(=O)NCCc4ccc(Cl)cc4)s3)c2C)c1. The molecule has 1 N–H and O–H groups in total.